The van der Waals surface area contributed by atoms with Gasteiger partial charge in [0, 0.05) is 0 Å². The van der Waals surface area contributed by atoms with Crippen molar-refractivity contribution in [2.75, 3.05) is 10.0 Å². The van der Waals surface area contributed by atoms with Gasteiger partial charge in [-0.25, -0.2) is 0 Å². The Kier molecular flexibility index (Phi) is 5.58. The summed E-state index contributed by atoms with van der Waals surface area (Å²) in [5.74, 6) is -1.35. The number of aromatic nitrogens is 2. The Hall–Kier alpha value is -3.02. The van der Waals surface area contributed by atoms with Gasteiger partial charge in [0.05, 0.1) is 21.8 Å². The summed E-state index contributed by atoms with van der Waals surface area (Å²) in [6.07, 6.45) is 0. The number of nitrogens with zero attached hydrogens (tertiary/aromatic N) is 2. The zero-order valence-electron chi connectivity index (χ0n) is 13.9. The van der Waals surface area contributed by atoms with Gasteiger partial charge >= 0.3 is 0 Å². The second-order valence-electron chi connectivity index (χ2n) is 5.32. The maximum absolute atomic E-state index is 12.5. The standard InChI is InChI=1S/C16H12ClN5O4S2/c17-11-7-3-1-5-9(11)14(24)19-15-20-21-16(27-15)28(25,26)22-12-8-4-2-6-10(12)13(18)23/h1-8,22H,(H2,18,23)(H,19,20,24). The molecule has 1 heterocycles. The van der Waals surface area contributed by atoms with Crippen LogP contribution < -0.4 is 15.8 Å². The summed E-state index contributed by atoms with van der Waals surface area (Å²) < 4.78 is 26.9. The highest BCUT2D eigenvalue weighted by Gasteiger charge is 2.23. The van der Waals surface area contributed by atoms with Gasteiger partial charge in [-0.2, -0.15) is 8.42 Å². The topological polar surface area (TPSA) is 144 Å². The van der Waals surface area contributed by atoms with E-state index in [4.69, 9.17) is 17.3 Å². The van der Waals surface area contributed by atoms with Crippen LogP contribution in [0.2, 0.25) is 5.02 Å². The molecule has 9 nitrogen and oxygen atoms in total. The third kappa shape index (κ3) is 4.27. The molecule has 2 amide bonds. The van der Waals surface area contributed by atoms with E-state index in [0.29, 0.717) is 11.3 Å². The summed E-state index contributed by atoms with van der Waals surface area (Å²) in [5.41, 5.74) is 5.46. The SMILES string of the molecule is NC(=O)c1ccccc1NS(=O)(=O)c1nnc(NC(=O)c2ccccc2Cl)s1. The van der Waals surface area contributed by atoms with Gasteiger partial charge in [0.25, 0.3) is 26.2 Å². The molecule has 28 heavy (non-hydrogen) atoms. The third-order valence-corrected chi connectivity index (χ3v) is 6.31. The predicted octanol–water partition coefficient (Wildman–Crippen LogP) is 2.34. The van der Waals surface area contributed by atoms with Gasteiger partial charge in [-0.1, -0.05) is 47.2 Å². The molecule has 0 unspecified atom stereocenters. The summed E-state index contributed by atoms with van der Waals surface area (Å²) in [7, 11) is -4.15. The summed E-state index contributed by atoms with van der Waals surface area (Å²) in [4.78, 5) is 23.7. The Balaban J connectivity index is 1.80. The Morgan fingerprint density at radius 2 is 1.64 bits per heavy atom. The molecule has 12 heteroatoms. The minimum atomic E-state index is -4.15. The molecular weight excluding hydrogens is 426 g/mol. The average molecular weight is 438 g/mol. The fourth-order valence-electron chi connectivity index (χ4n) is 2.15. The summed E-state index contributed by atoms with van der Waals surface area (Å²) in [5, 5.41) is 9.89. The highest BCUT2D eigenvalue weighted by atomic mass is 35.5. The van der Waals surface area contributed by atoms with Crippen molar-refractivity contribution in [1.29, 1.82) is 0 Å². The quantitative estimate of drug-likeness (QED) is 0.505. The number of carbonyl (C=O) groups is 2. The number of amides is 2. The number of anilines is 2. The molecule has 4 N–H and O–H groups in total. The minimum Gasteiger partial charge on any atom is -0.366 e. The van der Waals surface area contributed by atoms with Crippen LogP contribution in [0, 0.1) is 0 Å². The number of halogens is 1. The van der Waals surface area contributed by atoms with E-state index in [1.165, 1.54) is 18.2 Å². The van der Waals surface area contributed by atoms with Crippen LogP contribution in [-0.4, -0.2) is 30.4 Å². The van der Waals surface area contributed by atoms with Gasteiger partial charge < -0.3 is 5.73 Å². The molecule has 0 aliphatic heterocycles. The van der Waals surface area contributed by atoms with Gasteiger partial charge in [-0.15, -0.1) is 10.2 Å². The Labute approximate surface area is 168 Å². The summed E-state index contributed by atoms with van der Waals surface area (Å²) in [6, 6.07) is 12.2. The van der Waals surface area contributed by atoms with E-state index in [9.17, 15) is 18.0 Å². The van der Waals surface area contributed by atoms with Gasteiger partial charge in [-0.3, -0.25) is 19.6 Å². The van der Waals surface area contributed by atoms with Gasteiger partial charge in [0.1, 0.15) is 0 Å². The van der Waals surface area contributed by atoms with Crippen LogP contribution in [0.5, 0.6) is 0 Å². The van der Waals surface area contributed by atoms with Crippen molar-refractivity contribution >= 4 is 55.6 Å². The smallest absolute Gasteiger partial charge is 0.291 e. The van der Waals surface area contributed by atoms with Gasteiger partial charge in [-0.05, 0) is 24.3 Å². The number of hydrogen-bond donors (Lipinski definition) is 3. The largest absolute Gasteiger partial charge is 0.366 e. The van der Waals surface area contributed by atoms with E-state index in [1.54, 1.807) is 30.3 Å². The molecule has 0 spiro atoms. The predicted molar refractivity (Wildman–Crippen MR) is 105 cm³/mol. The maximum atomic E-state index is 12.5. The van der Waals surface area contributed by atoms with Crippen LogP contribution in [0.25, 0.3) is 0 Å². The first-order valence-electron chi connectivity index (χ1n) is 7.59. The van der Waals surface area contributed by atoms with Crippen LogP contribution in [0.15, 0.2) is 52.9 Å². The minimum absolute atomic E-state index is 0.00263. The van der Waals surface area contributed by atoms with Crippen molar-refractivity contribution in [3.63, 3.8) is 0 Å². The Morgan fingerprint density at radius 1 is 1.00 bits per heavy atom. The van der Waals surface area contributed by atoms with Gasteiger partial charge in [0.2, 0.25) is 5.13 Å². The van der Waals surface area contributed by atoms with Gasteiger partial charge in [0.15, 0.2) is 0 Å². The van der Waals surface area contributed by atoms with Crippen molar-refractivity contribution in [2.45, 2.75) is 4.34 Å². The first-order valence-corrected chi connectivity index (χ1v) is 10.3. The van der Waals surface area contributed by atoms with Crippen molar-refractivity contribution < 1.29 is 18.0 Å². The average Bonchev–Trinajstić information content (AvgIpc) is 3.11. The first kappa shape index (κ1) is 19.7. The monoisotopic (exact) mass is 437 g/mol. The van der Waals surface area contributed by atoms with E-state index in [1.807, 2.05) is 0 Å². The lowest BCUT2D eigenvalue weighted by Gasteiger charge is -2.08. The molecule has 3 aromatic rings. The number of nitrogens with two attached hydrogens (primary N) is 1. The number of para-hydroxylation sites is 1. The number of nitrogens with one attached hydrogen (secondary N) is 2. The van der Waals surface area contributed by atoms with E-state index in [0.717, 1.165) is 0 Å². The third-order valence-electron chi connectivity index (χ3n) is 3.41. The van der Waals surface area contributed by atoms with Crippen molar-refractivity contribution in [1.82, 2.24) is 10.2 Å². The fourth-order valence-corrected chi connectivity index (χ4v) is 4.35. The van der Waals surface area contributed by atoms with Crippen LogP contribution >= 0.6 is 22.9 Å². The molecule has 0 atom stereocenters. The second-order valence-corrected chi connectivity index (χ2v) is 8.56. The molecular formula is C16H12ClN5O4S2. The Bertz CT molecular complexity index is 1160. The molecule has 0 saturated carbocycles. The molecule has 144 valence electrons. The van der Waals surface area contributed by atoms with E-state index in [2.05, 4.69) is 20.2 Å². The number of rotatable bonds is 6. The van der Waals surface area contributed by atoms with E-state index >= 15 is 0 Å². The number of sulfonamides is 1. The maximum Gasteiger partial charge on any atom is 0.291 e. The molecule has 0 aliphatic carbocycles. The molecule has 2 aromatic carbocycles. The lowest BCUT2D eigenvalue weighted by atomic mass is 10.2. The zero-order valence-corrected chi connectivity index (χ0v) is 16.3. The summed E-state index contributed by atoms with van der Waals surface area (Å²) in [6.45, 7) is 0. The second kappa shape index (κ2) is 7.92. The van der Waals surface area contributed by atoms with Crippen LogP contribution in [-0.2, 0) is 10.0 Å². The van der Waals surface area contributed by atoms with Crippen molar-refractivity contribution in [3.05, 3.63) is 64.7 Å². The highest BCUT2D eigenvalue weighted by Crippen LogP contribution is 2.25. The van der Waals surface area contributed by atoms with Crippen molar-refractivity contribution in [2.24, 2.45) is 5.73 Å². The molecule has 3 rings (SSSR count). The number of carbonyl (C=O) groups excluding carboxylic acids is 2. The highest BCUT2D eigenvalue weighted by molar-refractivity contribution is 7.94. The van der Waals surface area contributed by atoms with E-state index in [-0.39, 0.29) is 27.0 Å². The molecule has 0 fully saturated rings. The summed E-state index contributed by atoms with van der Waals surface area (Å²) >= 11 is 6.59. The van der Waals surface area contributed by atoms with E-state index < -0.39 is 26.2 Å². The van der Waals surface area contributed by atoms with Crippen LogP contribution in [0.4, 0.5) is 10.8 Å². The number of primary amides is 1. The van der Waals surface area contributed by atoms with Crippen molar-refractivity contribution in [3.8, 4) is 0 Å². The molecule has 0 radical (unpaired) electrons. The molecule has 1 aromatic heterocycles. The lowest BCUT2D eigenvalue weighted by Crippen LogP contribution is -2.18. The molecule has 0 aliphatic rings. The lowest BCUT2D eigenvalue weighted by molar-refractivity contribution is 0.0998. The normalized spacial score (nSPS) is 11.0. The first-order chi connectivity index (χ1) is 13.3. The molecule has 0 bridgehead atoms. The Morgan fingerprint density at radius 3 is 2.32 bits per heavy atom. The number of benzene rings is 2. The number of hydrogen-bond acceptors (Lipinski definition) is 7. The fraction of sp³-hybridized carbons (Fsp3) is 0. The molecule has 0 saturated heterocycles. The zero-order chi connectivity index (χ0) is 20.3. The van der Waals surface area contributed by atoms with Crippen LogP contribution in [0.1, 0.15) is 20.7 Å². The van der Waals surface area contributed by atoms with Crippen LogP contribution in [0.3, 0.4) is 0 Å².